The summed E-state index contributed by atoms with van der Waals surface area (Å²) in [5.74, 6) is -4.03. The predicted molar refractivity (Wildman–Crippen MR) is 145 cm³/mol. The van der Waals surface area contributed by atoms with Gasteiger partial charge in [-0.1, -0.05) is 18.2 Å². The van der Waals surface area contributed by atoms with Gasteiger partial charge in [-0.05, 0) is 42.8 Å². The second-order valence-corrected chi connectivity index (χ2v) is 8.38. The third-order valence-corrected chi connectivity index (χ3v) is 5.38. The van der Waals surface area contributed by atoms with E-state index in [4.69, 9.17) is 21.1 Å². The molecule has 4 rings (SSSR count). The molecule has 0 saturated carbocycles. The standard InChI is InChI=1S/C19H19N7O6.C7H6O2/c20-19-25-15-14(17(30)26-19)23-11(8-22-15)7-21-10-3-1-9(2-4-10)16(29)24-12(18(31)32)5-6-13(27)28;8-7(9)6-4-2-1-3-5-6/h1-4,8,12,21H,5-7H2,(H,24,29)(H,27,28)(H,31,32)(H3,20,22,25,26,30);1-5H,(H,8,9). The number of H-pyrrole nitrogens is 1. The minimum Gasteiger partial charge on any atom is -0.481 e. The molecule has 15 heteroatoms. The van der Waals surface area contributed by atoms with Crippen LogP contribution in [0.3, 0.4) is 0 Å². The summed E-state index contributed by atoms with van der Waals surface area (Å²) in [5.41, 5.74) is 6.80. The van der Waals surface area contributed by atoms with Gasteiger partial charge in [0.2, 0.25) is 5.95 Å². The summed E-state index contributed by atoms with van der Waals surface area (Å²) in [6.07, 6.45) is 0.840. The Morgan fingerprint density at radius 3 is 2.20 bits per heavy atom. The molecule has 1 amide bonds. The van der Waals surface area contributed by atoms with Gasteiger partial charge >= 0.3 is 17.9 Å². The minimum absolute atomic E-state index is 0.0524. The van der Waals surface area contributed by atoms with Gasteiger partial charge in [-0.25, -0.2) is 19.6 Å². The molecule has 15 nitrogen and oxygen atoms in total. The number of carbonyl (C=O) groups excluding carboxylic acids is 1. The van der Waals surface area contributed by atoms with Gasteiger partial charge in [0.25, 0.3) is 11.5 Å². The summed E-state index contributed by atoms with van der Waals surface area (Å²) >= 11 is 0. The summed E-state index contributed by atoms with van der Waals surface area (Å²) in [6, 6.07) is 13.2. The van der Waals surface area contributed by atoms with Gasteiger partial charge in [-0.15, -0.1) is 0 Å². The number of aliphatic carboxylic acids is 2. The van der Waals surface area contributed by atoms with Crippen molar-refractivity contribution in [3.63, 3.8) is 0 Å². The zero-order chi connectivity index (χ0) is 29.9. The van der Waals surface area contributed by atoms with E-state index in [9.17, 15) is 24.0 Å². The number of aromatic amines is 1. The maximum absolute atomic E-state index is 12.3. The smallest absolute Gasteiger partial charge is 0.335 e. The Bertz CT molecular complexity index is 1610. The number of nitrogens with zero attached hydrogens (tertiary/aromatic N) is 3. The molecule has 0 spiro atoms. The number of hydrogen-bond donors (Lipinski definition) is 7. The van der Waals surface area contributed by atoms with Gasteiger partial charge in [0.1, 0.15) is 6.04 Å². The molecule has 1 unspecified atom stereocenters. The lowest BCUT2D eigenvalue weighted by atomic mass is 10.1. The van der Waals surface area contributed by atoms with E-state index in [-0.39, 0.29) is 42.1 Å². The highest BCUT2D eigenvalue weighted by molar-refractivity contribution is 5.97. The Labute approximate surface area is 231 Å². The van der Waals surface area contributed by atoms with Crippen LogP contribution in [0.25, 0.3) is 11.2 Å². The van der Waals surface area contributed by atoms with Crippen LogP contribution < -0.4 is 21.9 Å². The largest absolute Gasteiger partial charge is 0.481 e. The number of aromatic nitrogens is 4. The van der Waals surface area contributed by atoms with Crippen molar-refractivity contribution in [2.24, 2.45) is 0 Å². The van der Waals surface area contributed by atoms with Gasteiger partial charge in [0, 0.05) is 17.7 Å². The predicted octanol–water partition coefficient (Wildman–Crippen LogP) is 1.34. The zero-order valence-electron chi connectivity index (χ0n) is 21.3. The van der Waals surface area contributed by atoms with Crippen molar-refractivity contribution < 1.29 is 34.5 Å². The first-order valence-corrected chi connectivity index (χ1v) is 11.9. The fourth-order valence-electron chi connectivity index (χ4n) is 3.34. The summed E-state index contributed by atoms with van der Waals surface area (Å²) < 4.78 is 0. The molecular formula is C26H25N7O8. The third-order valence-electron chi connectivity index (χ3n) is 5.38. The van der Waals surface area contributed by atoms with Crippen molar-refractivity contribution in [1.29, 1.82) is 0 Å². The quantitative estimate of drug-likeness (QED) is 0.144. The van der Waals surface area contributed by atoms with Crippen LogP contribution in [-0.2, 0) is 16.1 Å². The number of fused-ring (bicyclic) bond motifs is 1. The summed E-state index contributed by atoms with van der Waals surface area (Å²) in [5, 5.41) is 31.6. The summed E-state index contributed by atoms with van der Waals surface area (Å²) in [6.45, 7) is 0.231. The number of benzene rings is 2. The molecule has 0 aliphatic carbocycles. The number of nitrogen functional groups attached to an aromatic ring is 1. The maximum Gasteiger partial charge on any atom is 0.335 e. The lowest BCUT2D eigenvalue weighted by Gasteiger charge is -2.14. The molecule has 1 atom stereocenters. The number of aromatic carboxylic acids is 1. The first-order chi connectivity index (χ1) is 19.5. The molecule has 2 aromatic heterocycles. The van der Waals surface area contributed by atoms with Crippen molar-refractivity contribution in [3.05, 3.63) is 88.0 Å². The highest BCUT2D eigenvalue weighted by Gasteiger charge is 2.21. The highest BCUT2D eigenvalue weighted by Crippen LogP contribution is 2.12. The van der Waals surface area contributed by atoms with Crippen molar-refractivity contribution in [1.82, 2.24) is 25.3 Å². The van der Waals surface area contributed by atoms with Gasteiger partial charge in [-0.3, -0.25) is 19.4 Å². The molecule has 4 aromatic rings. The Balaban J connectivity index is 0.000000436. The number of rotatable bonds is 10. The van der Waals surface area contributed by atoms with E-state index in [0.29, 0.717) is 16.9 Å². The lowest BCUT2D eigenvalue weighted by Crippen LogP contribution is -2.41. The van der Waals surface area contributed by atoms with E-state index in [2.05, 4.69) is 30.6 Å². The van der Waals surface area contributed by atoms with E-state index < -0.39 is 35.4 Å². The topological polar surface area (TPSA) is 251 Å². The SMILES string of the molecule is Nc1nc2ncc(CNc3ccc(C(=O)NC(CCC(=O)O)C(=O)O)cc3)nc2c(=O)[nH]1.O=C(O)c1ccccc1. The Morgan fingerprint density at radius 1 is 0.927 bits per heavy atom. The van der Waals surface area contributed by atoms with Crippen LogP contribution >= 0.6 is 0 Å². The van der Waals surface area contributed by atoms with Crippen molar-refractivity contribution >= 4 is 46.6 Å². The number of amides is 1. The Hall–Kier alpha value is -5.86. The second-order valence-electron chi connectivity index (χ2n) is 8.38. The fraction of sp³-hybridized carbons (Fsp3) is 0.154. The lowest BCUT2D eigenvalue weighted by molar-refractivity contribution is -0.140. The molecular weight excluding hydrogens is 538 g/mol. The van der Waals surface area contributed by atoms with Gasteiger partial charge in [0.15, 0.2) is 11.2 Å². The van der Waals surface area contributed by atoms with Crippen LogP contribution in [0.15, 0.2) is 65.6 Å². The Morgan fingerprint density at radius 2 is 1.61 bits per heavy atom. The average molecular weight is 564 g/mol. The zero-order valence-corrected chi connectivity index (χ0v) is 21.3. The normalized spacial score (nSPS) is 11.0. The molecule has 0 aliphatic heterocycles. The molecule has 0 radical (unpaired) electrons. The molecule has 0 bridgehead atoms. The third kappa shape index (κ3) is 8.85. The minimum atomic E-state index is -1.31. The van der Waals surface area contributed by atoms with E-state index in [1.54, 1.807) is 42.5 Å². The highest BCUT2D eigenvalue weighted by atomic mass is 16.4. The summed E-state index contributed by atoms with van der Waals surface area (Å²) in [7, 11) is 0. The molecule has 212 valence electrons. The van der Waals surface area contributed by atoms with Crippen molar-refractivity contribution in [2.45, 2.75) is 25.4 Å². The Kier molecular flexibility index (Phi) is 9.99. The average Bonchev–Trinajstić information content (AvgIpc) is 2.95. The number of hydrogen-bond acceptors (Lipinski definition) is 10. The number of carboxylic acids is 3. The van der Waals surface area contributed by atoms with Crippen LogP contribution in [0.5, 0.6) is 0 Å². The molecule has 0 fully saturated rings. The van der Waals surface area contributed by atoms with Gasteiger partial charge < -0.3 is 31.7 Å². The van der Waals surface area contributed by atoms with Gasteiger partial charge in [-0.2, -0.15) is 4.98 Å². The van der Waals surface area contributed by atoms with E-state index in [1.165, 1.54) is 18.3 Å². The van der Waals surface area contributed by atoms with Crippen LogP contribution in [0, 0.1) is 0 Å². The molecule has 0 aliphatic rings. The second kappa shape index (κ2) is 13.8. The van der Waals surface area contributed by atoms with E-state index in [1.807, 2.05) is 0 Å². The molecule has 8 N–H and O–H groups in total. The maximum atomic E-state index is 12.3. The van der Waals surface area contributed by atoms with Crippen LogP contribution in [0.4, 0.5) is 11.6 Å². The first-order valence-electron chi connectivity index (χ1n) is 11.9. The molecule has 0 saturated heterocycles. The fourth-order valence-corrected chi connectivity index (χ4v) is 3.34. The molecule has 2 aromatic carbocycles. The summed E-state index contributed by atoms with van der Waals surface area (Å²) in [4.78, 5) is 70.8. The number of nitrogens with two attached hydrogens (primary N) is 1. The van der Waals surface area contributed by atoms with Crippen LogP contribution in [-0.4, -0.2) is 65.1 Å². The van der Waals surface area contributed by atoms with Gasteiger partial charge in [0.05, 0.1) is 24.0 Å². The number of nitrogens with one attached hydrogen (secondary N) is 3. The van der Waals surface area contributed by atoms with E-state index in [0.717, 1.165) is 0 Å². The van der Waals surface area contributed by atoms with Crippen molar-refractivity contribution in [3.8, 4) is 0 Å². The van der Waals surface area contributed by atoms with Crippen molar-refractivity contribution in [2.75, 3.05) is 11.1 Å². The van der Waals surface area contributed by atoms with Crippen LogP contribution in [0.1, 0.15) is 39.3 Å². The van der Waals surface area contributed by atoms with E-state index >= 15 is 0 Å². The first kappa shape index (κ1) is 29.7. The van der Waals surface area contributed by atoms with Crippen LogP contribution in [0.2, 0.25) is 0 Å². The number of carbonyl (C=O) groups is 4. The monoisotopic (exact) mass is 563 g/mol. The molecule has 41 heavy (non-hydrogen) atoms. The number of carboxylic acid groups (broad SMARTS) is 3. The molecule has 2 heterocycles. The number of anilines is 2.